The molecule has 0 spiro atoms. The molecule has 37 valence electrons. The summed E-state index contributed by atoms with van der Waals surface area (Å²) in [6, 6.07) is 0. The topological polar surface area (TPSA) is 49.0 Å². The molecule has 0 bridgehead atoms. The highest BCUT2D eigenvalue weighted by molar-refractivity contribution is 5.64. The van der Waals surface area contributed by atoms with Gasteiger partial charge in [-0.3, -0.25) is 0 Å². The van der Waals surface area contributed by atoms with E-state index in [0.29, 0.717) is 0 Å². The van der Waals surface area contributed by atoms with Crippen LogP contribution in [0, 0.1) is 12.3 Å². The lowest BCUT2D eigenvalue weighted by atomic mass is 10.7. The Morgan fingerprint density at radius 1 is 1.86 bits per heavy atom. The van der Waals surface area contributed by atoms with Crippen molar-refractivity contribution in [2.45, 2.75) is 0 Å². The highest BCUT2D eigenvalue weighted by Gasteiger charge is 1.89. The molecule has 3 heteroatoms. The lowest BCUT2D eigenvalue weighted by Gasteiger charge is -1.83. The minimum absolute atomic E-state index is 0.0162. The van der Waals surface area contributed by atoms with E-state index in [1.165, 1.54) is 0 Å². The highest BCUT2D eigenvalue weighted by atomic mass is 16.4. The first-order chi connectivity index (χ1) is 3.27. The summed E-state index contributed by atoms with van der Waals surface area (Å²) in [7, 11) is 0. The van der Waals surface area contributed by atoms with Crippen LogP contribution in [0.1, 0.15) is 0 Å². The van der Waals surface area contributed by atoms with Gasteiger partial charge in [-0.25, -0.2) is 9.90 Å². The molecule has 0 rings (SSSR count). The van der Waals surface area contributed by atoms with Gasteiger partial charge in [-0.05, 0) is 0 Å². The summed E-state index contributed by atoms with van der Waals surface area (Å²) in [6.07, 6.45) is 3.34. The molecule has 0 saturated heterocycles. The van der Waals surface area contributed by atoms with Crippen molar-refractivity contribution in [1.29, 1.82) is 0 Å². The van der Waals surface area contributed by atoms with Crippen molar-refractivity contribution in [3.8, 4) is 12.3 Å². The van der Waals surface area contributed by atoms with Crippen molar-refractivity contribution in [2.24, 2.45) is 0 Å². The third-order valence-electron chi connectivity index (χ3n) is 0.335. The van der Waals surface area contributed by atoms with Crippen LogP contribution in [0.5, 0.6) is 0 Å². The second-order valence-electron chi connectivity index (χ2n) is 0.845. The SMILES string of the molecule is C#CCNC([O])=O. The number of hydrogen-bond acceptors (Lipinski definition) is 1. The van der Waals surface area contributed by atoms with Crippen LogP contribution in [-0.4, -0.2) is 12.6 Å². The number of nitrogens with one attached hydrogen (secondary N) is 1. The van der Waals surface area contributed by atoms with E-state index in [1.807, 2.05) is 5.32 Å². The van der Waals surface area contributed by atoms with Crippen molar-refractivity contribution in [3.05, 3.63) is 0 Å². The van der Waals surface area contributed by atoms with Crippen LogP contribution >= 0.6 is 0 Å². The van der Waals surface area contributed by atoms with Crippen LogP contribution in [0.2, 0.25) is 0 Å². The summed E-state index contributed by atoms with van der Waals surface area (Å²) in [5.41, 5.74) is 0. The van der Waals surface area contributed by atoms with Crippen molar-refractivity contribution in [3.63, 3.8) is 0 Å². The number of amides is 1. The Kier molecular flexibility index (Phi) is 2.53. The molecule has 3 nitrogen and oxygen atoms in total. The Hall–Kier alpha value is -1.17. The predicted molar refractivity (Wildman–Crippen MR) is 22.9 cm³/mol. The first-order valence-corrected chi connectivity index (χ1v) is 1.65. The lowest BCUT2D eigenvalue weighted by molar-refractivity contribution is 0.170. The Labute approximate surface area is 41.3 Å². The summed E-state index contributed by atoms with van der Waals surface area (Å²) in [5, 5.41) is 11.3. The Bertz CT molecular complexity index is 103. The van der Waals surface area contributed by atoms with E-state index in [9.17, 15) is 9.90 Å². The van der Waals surface area contributed by atoms with Crippen molar-refractivity contribution in [2.75, 3.05) is 6.54 Å². The van der Waals surface area contributed by atoms with E-state index in [2.05, 4.69) is 12.3 Å². The number of carbonyl (C=O) groups excluding carboxylic acids is 1. The van der Waals surface area contributed by atoms with Gasteiger partial charge in [-0.2, -0.15) is 0 Å². The first kappa shape index (κ1) is 5.83. The molecule has 0 aliphatic rings. The maximum Gasteiger partial charge on any atom is 0.451 e. The molecule has 0 heterocycles. The van der Waals surface area contributed by atoms with E-state index in [0.717, 1.165) is 0 Å². The zero-order valence-corrected chi connectivity index (χ0v) is 3.60. The molecule has 1 amide bonds. The quantitative estimate of drug-likeness (QED) is 0.452. The highest BCUT2D eigenvalue weighted by Crippen LogP contribution is 1.56. The second-order valence-corrected chi connectivity index (χ2v) is 0.845. The van der Waals surface area contributed by atoms with Gasteiger partial charge in [0.05, 0.1) is 6.54 Å². The van der Waals surface area contributed by atoms with E-state index in [4.69, 9.17) is 0 Å². The minimum atomic E-state index is -1.34. The fourth-order valence-electron chi connectivity index (χ4n) is 0.123. The molecule has 0 aliphatic carbocycles. The largest absolute Gasteiger partial charge is 0.451 e. The zero-order chi connectivity index (χ0) is 5.70. The predicted octanol–water partition coefficient (Wildman–Crippen LogP) is -0.240. The maximum atomic E-state index is 9.44. The van der Waals surface area contributed by atoms with Gasteiger partial charge in [0.25, 0.3) is 0 Å². The normalized spacial score (nSPS) is 6.71. The van der Waals surface area contributed by atoms with Gasteiger partial charge < -0.3 is 5.32 Å². The summed E-state index contributed by atoms with van der Waals surface area (Å²) >= 11 is 0. The first-order valence-electron chi connectivity index (χ1n) is 1.65. The Balaban J connectivity index is 3.02. The number of hydrogen-bond donors (Lipinski definition) is 1. The Morgan fingerprint density at radius 3 is 2.57 bits per heavy atom. The molecular formula is C4H4NO2. The van der Waals surface area contributed by atoms with Crippen LogP contribution in [0.15, 0.2) is 0 Å². The molecule has 1 radical (unpaired) electrons. The zero-order valence-electron chi connectivity index (χ0n) is 3.60. The standard InChI is InChI=1S/C4H4NO2/c1-2-3-5-4(6)7/h1,5H,3H2. The van der Waals surface area contributed by atoms with E-state index < -0.39 is 6.09 Å². The fraction of sp³-hybridized carbons (Fsp3) is 0.250. The van der Waals surface area contributed by atoms with Crippen LogP contribution in [0.4, 0.5) is 4.79 Å². The third kappa shape index (κ3) is 4.83. The van der Waals surface area contributed by atoms with Gasteiger partial charge in [-0.1, -0.05) is 5.92 Å². The van der Waals surface area contributed by atoms with Gasteiger partial charge in [0.15, 0.2) is 0 Å². The molecule has 0 saturated carbocycles. The van der Waals surface area contributed by atoms with Gasteiger partial charge in [0, 0.05) is 0 Å². The second kappa shape index (κ2) is 3.04. The summed E-state index contributed by atoms with van der Waals surface area (Å²) in [5.74, 6) is 2.07. The van der Waals surface area contributed by atoms with Gasteiger partial charge >= 0.3 is 6.09 Å². The molecule has 7 heavy (non-hydrogen) atoms. The van der Waals surface area contributed by atoms with Crippen LogP contribution < -0.4 is 5.32 Å². The molecule has 0 aliphatic heterocycles. The molecule has 0 aromatic rings. The third-order valence-corrected chi connectivity index (χ3v) is 0.335. The van der Waals surface area contributed by atoms with E-state index in [-0.39, 0.29) is 6.54 Å². The lowest BCUT2D eigenvalue weighted by Crippen LogP contribution is -2.19. The minimum Gasteiger partial charge on any atom is -0.308 e. The monoisotopic (exact) mass is 98.0 g/mol. The molecule has 0 aromatic carbocycles. The molecule has 0 aromatic heterocycles. The number of terminal acetylenes is 1. The fourth-order valence-corrected chi connectivity index (χ4v) is 0.123. The number of carbonyl (C=O) groups is 1. The van der Waals surface area contributed by atoms with Gasteiger partial charge in [0.2, 0.25) is 0 Å². The summed E-state index contributed by atoms with van der Waals surface area (Å²) in [4.78, 5) is 9.44. The summed E-state index contributed by atoms with van der Waals surface area (Å²) < 4.78 is 0. The molecule has 0 fully saturated rings. The molecule has 1 N–H and O–H groups in total. The maximum absolute atomic E-state index is 9.44. The smallest absolute Gasteiger partial charge is 0.308 e. The van der Waals surface area contributed by atoms with Crippen molar-refractivity contribution in [1.82, 2.24) is 5.32 Å². The average Bonchev–Trinajstić information content (AvgIpc) is 1.61. The van der Waals surface area contributed by atoms with Crippen LogP contribution in [0.3, 0.4) is 0 Å². The summed E-state index contributed by atoms with van der Waals surface area (Å²) in [6.45, 7) is 0.0162. The van der Waals surface area contributed by atoms with E-state index in [1.54, 1.807) is 0 Å². The average molecular weight is 98.1 g/mol. The molecule has 0 unspecified atom stereocenters. The van der Waals surface area contributed by atoms with Crippen molar-refractivity contribution < 1.29 is 9.90 Å². The molecule has 0 atom stereocenters. The van der Waals surface area contributed by atoms with Gasteiger partial charge in [0.1, 0.15) is 0 Å². The van der Waals surface area contributed by atoms with Crippen molar-refractivity contribution >= 4 is 6.09 Å². The van der Waals surface area contributed by atoms with E-state index >= 15 is 0 Å². The molecular weight excluding hydrogens is 94.0 g/mol. The van der Waals surface area contributed by atoms with Gasteiger partial charge in [-0.15, -0.1) is 6.42 Å². The van der Waals surface area contributed by atoms with Crippen LogP contribution in [0.25, 0.3) is 0 Å². The van der Waals surface area contributed by atoms with Crippen LogP contribution in [-0.2, 0) is 5.11 Å². The Morgan fingerprint density at radius 2 is 2.43 bits per heavy atom. The number of rotatable bonds is 1.